The van der Waals surface area contributed by atoms with E-state index in [0.29, 0.717) is 22.3 Å². The number of fused-ring (bicyclic) bond motifs is 1. The minimum Gasteiger partial charge on any atom is -0.455 e. The van der Waals surface area contributed by atoms with Crippen LogP contribution in [0.2, 0.25) is 0 Å². The first-order valence-corrected chi connectivity index (χ1v) is 7.70. The highest BCUT2D eigenvalue weighted by Gasteiger charge is 2.17. The second-order valence-electron chi connectivity index (χ2n) is 5.60. The van der Waals surface area contributed by atoms with E-state index < -0.39 is 0 Å². The van der Waals surface area contributed by atoms with Crippen molar-refractivity contribution in [3.05, 3.63) is 69.4 Å². The number of rotatable bonds is 2. The molecule has 22 heavy (non-hydrogen) atoms. The number of benzene rings is 2. The Morgan fingerprint density at radius 1 is 1.09 bits per heavy atom. The quantitative estimate of drug-likeness (QED) is 0.595. The van der Waals surface area contributed by atoms with Crippen LogP contribution in [0.5, 0.6) is 0 Å². The molecule has 0 saturated carbocycles. The van der Waals surface area contributed by atoms with E-state index >= 15 is 0 Å². The van der Waals surface area contributed by atoms with Gasteiger partial charge in [-0.25, -0.2) is 0 Å². The monoisotopic (exact) mass is 312 g/mol. The third kappa shape index (κ3) is 2.44. The molecule has 2 nitrogen and oxygen atoms in total. The highest BCUT2D eigenvalue weighted by molar-refractivity contribution is 6.21. The van der Waals surface area contributed by atoms with Gasteiger partial charge in [-0.2, -0.15) is 0 Å². The molecule has 0 N–H and O–H groups in total. The first kappa shape index (κ1) is 14.9. The fourth-order valence-corrected chi connectivity index (χ4v) is 2.89. The third-order valence-electron chi connectivity index (χ3n) is 3.86. The molecule has 1 unspecified atom stereocenters. The lowest BCUT2D eigenvalue weighted by molar-refractivity contribution is 0.609. The van der Waals surface area contributed by atoms with E-state index in [-0.39, 0.29) is 10.8 Å². The second kappa shape index (κ2) is 5.62. The average Bonchev–Trinajstić information content (AvgIpc) is 2.51. The summed E-state index contributed by atoms with van der Waals surface area (Å²) < 4.78 is 6.12. The van der Waals surface area contributed by atoms with Crippen molar-refractivity contribution in [1.29, 1.82) is 0 Å². The SMILES string of the molecule is Cc1cc(C(C)Cl)c2oc(-c3ccccc3)c(C)c(=O)c2c1. The van der Waals surface area contributed by atoms with E-state index in [2.05, 4.69) is 0 Å². The Labute approximate surface area is 134 Å². The molecule has 0 radical (unpaired) electrons. The maximum absolute atomic E-state index is 12.7. The van der Waals surface area contributed by atoms with Crippen LogP contribution in [-0.4, -0.2) is 0 Å². The summed E-state index contributed by atoms with van der Waals surface area (Å²) in [6.07, 6.45) is 0. The van der Waals surface area contributed by atoms with E-state index in [9.17, 15) is 4.79 Å². The second-order valence-corrected chi connectivity index (χ2v) is 6.25. The molecule has 0 aliphatic heterocycles. The van der Waals surface area contributed by atoms with Crippen LogP contribution < -0.4 is 5.43 Å². The molecule has 0 aliphatic rings. The highest BCUT2D eigenvalue weighted by atomic mass is 35.5. The van der Waals surface area contributed by atoms with Gasteiger partial charge in [0.1, 0.15) is 11.3 Å². The van der Waals surface area contributed by atoms with Crippen molar-refractivity contribution in [1.82, 2.24) is 0 Å². The van der Waals surface area contributed by atoms with Crippen LogP contribution >= 0.6 is 11.6 Å². The van der Waals surface area contributed by atoms with E-state index in [1.54, 1.807) is 6.92 Å². The van der Waals surface area contributed by atoms with Crippen molar-refractivity contribution in [3.63, 3.8) is 0 Å². The smallest absolute Gasteiger partial charge is 0.196 e. The Morgan fingerprint density at radius 2 is 1.77 bits per heavy atom. The van der Waals surface area contributed by atoms with Crippen molar-refractivity contribution < 1.29 is 4.42 Å². The average molecular weight is 313 g/mol. The van der Waals surface area contributed by atoms with Gasteiger partial charge in [-0.15, -0.1) is 11.6 Å². The van der Waals surface area contributed by atoms with Crippen LogP contribution in [0.15, 0.2) is 51.7 Å². The van der Waals surface area contributed by atoms with Crippen LogP contribution in [0, 0.1) is 13.8 Å². The third-order valence-corrected chi connectivity index (χ3v) is 4.09. The van der Waals surface area contributed by atoms with Crippen LogP contribution in [0.3, 0.4) is 0 Å². The van der Waals surface area contributed by atoms with Crippen LogP contribution in [0.25, 0.3) is 22.3 Å². The summed E-state index contributed by atoms with van der Waals surface area (Å²) in [5.74, 6) is 0.612. The first-order valence-electron chi connectivity index (χ1n) is 7.26. The maximum atomic E-state index is 12.7. The molecule has 0 aliphatic carbocycles. The zero-order chi connectivity index (χ0) is 15.9. The minimum atomic E-state index is -0.225. The molecule has 3 aromatic rings. The Kier molecular flexibility index (Phi) is 3.79. The van der Waals surface area contributed by atoms with Crippen LogP contribution in [0.4, 0.5) is 0 Å². The summed E-state index contributed by atoms with van der Waals surface area (Å²) in [4.78, 5) is 12.7. The summed E-state index contributed by atoms with van der Waals surface area (Å²) in [7, 11) is 0. The van der Waals surface area contributed by atoms with Crippen LogP contribution in [0.1, 0.15) is 29.0 Å². The number of aryl methyl sites for hydroxylation is 1. The molecule has 0 spiro atoms. The standard InChI is InChI=1S/C19H17ClO2/c1-11-9-15(13(3)20)19-16(10-11)17(21)12(2)18(22-19)14-7-5-4-6-8-14/h4-10,13H,1-3H3. The summed E-state index contributed by atoms with van der Waals surface area (Å²) in [6, 6.07) is 13.5. The molecule has 0 amide bonds. The molecule has 3 heteroatoms. The molecule has 0 fully saturated rings. The van der Waals surface area contributed by atoms with Crippen LogP contribution in [-0.2, 0) is 0 Å². The van der Waals surface area contributed by atoms with Gasteiger partial charge in [0.05, 0.1) is 10.8 Å². The molecular formula is C19H17ClO2. The topological polar surface area (TPSA) is 30.2 Å². The molecule has 2 aromatic carbocycles. The van der Waals surface area contributed by atoms with E-state index in [1.807, 2.05) is 56.3 Å². The molecule has 3 rings (SSSR count). The summed E-state index contributed by atoms with van der Waals surface area (Å²) in [5.41, 5.74) is 3.97. The van der Waals surface area contributed by atoms with E-state index in [4.69, 9.17) is 16.0 Å². The van der Waals surface area contributed by atoms with Gasteiger partial charge in [-0.1, -0.05) is 36.4 Å². The number of halogens is 1. The van der Waals surface area contributed by atoms with Gasteiger partial charge in [0.2, 0.25) is 0 Å². The van der Waals surface area contributed by atoms with Gasteiger partial charge in [-0.05, 0) is 32.4 Å². The van der Waals surface area contributed by atoms with Crippen molar-refractivity contribution in [3.8, 4) is 11.3 Å². The molecule has 0 bridgehead atoms. The Morgan fingerprint density at radius 3 is 2.41 bits per heavy atom. The predicted molar refractivity (Wildman–Crippen MR) is 91.7 cm³/mol. The van der Waals surface area contributed by atoms with Gasteiger partial charge < -0.3 is 4.42 Å². The van der Waals surface area contributed by atoms with Gasteiger partial charge in [0, 0.05) is 16.7 Å². The lowest BCUT2D eigenvalue weighted by atomic mass is 10.0. The highest BCUT2D eigenvalue weighted by Crippen LogP contribution is 2.32. The number of hydrogen-bond acceptors (Lipinski definition) is 2. The number of hydrogen-bond donors (Lipinski definition) is 0. The zero-order valence-electron chi connectivity index (χ0n) is 12.8. The fraction of sp³-hybridized carbons (Fsp3) is 0.211. The van der Waals surface area contributed by atoms with E-state index in [1.165, 1.54) is 0 Å². The zero-order valence-corrected chi connectivity index (χ0v) is 13.6. The summed E-state index contributed by atoms with van der Waals surface area (Å²) in [6.45, 7) is 5.65. The maximum Gasteiger partial charge on any atom is 0.196 e. The molecule has 1 atom stereocenters. The molecule has 1 heterocycles. The van der Waals surface area contributed by atoms with Gasteiger partial charge in [0.15, 0.2) is 5.43 Å². The van der Waals surface area contributed by atoms with Crippen molar-refractivity contribution in [2.45, 2.75) is 26.1 Å². The Balaban J connectivity index is 2.43. The molecule has 1 aromatic heterocycles. The van der Waals surface area contributed by atoms with Crippen molar-refractivity contribution in [2.75, 3.05) is 0 Å². The van der Waals surface area contributed by atoms with Crippen molar-refractivity contribution in [2.24, 2.45) is 0 Å². The van der Waals surface area contributed by atoms with Gasteiger partial charge >= 0.3 is 0 Å². The largest absolute Gasteiger partial charge is 0.455 e. The summed E-state index contributed by atoms with van der Waals surface area (Å²) in [5, 5.41) is 0.372. The summed E-state index contributed by atoms with van der Waals surface area (Å²) >= 11 is 6.28. The lowest BCUT2D eigenvalue weighted by Crippen LogP contribution is -2.09. The number of alkyl halides is 1. The molecular weight excluding hydrogens is 296 g/mol. The molecule has 0 saturated heterocycles. The fourth-order valence-electron chi connectivity index (χ4n) is 2.73. The minimum absolute atomic E-state index is 0.00219. The van der Waals surface area contributed by atoms with Crippen molar-refractivity contribution >= 4 is 22.6 Å². The molecule has 112 valence electrons. The lowest BCUT2D eigenvalue weighted by Gasteiger charge is -2.12. The van der Waals surface area contributed by atoms with E-state index in [0.717, 1.165) is 16.7 Å². The normalized spacial score (nSPS) is 12.5. The Hall–Kier alpha value is -2.06. The first-order chi connectivity index (χ1) is 10.5. The van der Waals surface area contributed by atoms with Gasteiger partial charge in [0.25, 0.3) is 0 Å². The van der Waals surface area contributed by atoms with Gasteiger partial charge in [-0.3, -0.25) is 4.79 Å². The Bertz CT molecular complexity index is 893. The predicted octanol–water partition coefficient (Wildman–Crippen LogP) is 5.38.